The summed E-state index contributed by atoms with van der Waals surface area (Å²) in [6.45, 7) is 4.59. The number of terminal acetylenes is 1. The zero-order valence-electron chi connectivity index (χ0n) is 8.31. The fraction of sp³-hybridized carbons (Fsp3) is 0.818. The van der Waals surface area contributed by atoms with E-state index >= 15 is 0 Å². The first-order chi connectivity index (χ1) is 5.54. The van der Waals surface area contributed by atoms with Crippen molar-refractivity contribution in [3.8, 4) is 12.3 Å². The lowest BCUT2D eigenvalue weighted by atomic mass is 9.71. The molecule has 12 heavy (non-hydrogen) atoms. The lowest BCUT2D eigenvalue weighted by Crippen LogP contribution is -2.37. The van der Waals surface area contributed by atoms with Crippen molar-refractivity contribution < 1.29 is 4.74 Å². The monoisotopic (exact) mass is 166 g/mol. The highest BCUT2D eigenvalue weighted by molar-refractivity contribution is 5.11. The third kappa shape index (κ3) is 1.81. The lowest BCUT2D eigenvalue weighted by Gasteiger charge is -2.39. The molecule has 68 valence electrons. The summed E-state index contributed by atoms with van der Waals surface area (Å²) < 4.78 is 5.39. The van der Waals surface area contributed by atoms with E-state index < -0.39 is 0 Å². The summed E-state index contributed by atoms with van der Waals surface area (Å²) in [4.78, 5) is 0. The standard InChI is InChI=1S/C11H18O/c1-5-11(12-4)8-6-10(2,3)7-9-11/h1H,6-9H2,2-4H3. The summed E-state index contributed by atoms with van der Waals surface area (Å²) >= 11 is 0. The van der Waals surface area contributed by atoms with Crippen LogP contribution in [0.15, 0.2) is 0 Å². The Kier molecular flexibility index (Phi) is 2.49. The van der Waals surface area contributed by atoms with Gasteiger partial charge in [-0.1, -0.05) is 19.8 Å². The zero-order chi connectivity index (χ0) is 9.24. The number of hydrogen-bond acceptors (Lipinski definition) is 1. The number of rotatable bonds is 1. The van der Waals surface area contributed by atoms with Crippen molar-refractivity contribution in [2.75, 3.05) is 7.11 Å². The molecule has 1 aliphatic rings. The minimum atomic E-state index is -0.254. The first kappa shape index (κ1) is 9.61. The number of hydrogen-bond donors (Lipinski definition) is 0. The van der Waals surface area contributed by atoms with Gasteiger partial charge in [0, 0.05) is 7.11 Å². The Morgan fingerprint density at radius 2 is 1.67 bits per heavy atom. The Bertz CT molecular complexity index is 188. The molecule has 1 rings (SSSR count). The topological polar surface area (TPSA) is 9.23 Å². The summed E-state index contributed by atoms with van der Waals surface area (Å²) in [5, 5.41) is 0. The molecule has 0 N–H and O–H groups in total. The minimum absolute atomic E-state index is 0.254. The molecule has 1 aliphatic carbocycles. The molecule has 1 fully saturated rings. The molecule has 0 saturated heterocycles. The van der Waals surface area contributed by atoms with Gasteiger partial charge >= 0.3 is 0 Å². The van der Waals surface area contributed by atoms with E-state index in [1.54, 1.807) is 7.11 Å². The predicted octanol–water partition coefficient (Wildman–Crippen LogP) is 2.61. The first-order valence-electron chi connectivity index (χ1n) is 4.57. The SMILES string of the molecule is C#CC1(OC)CCC(C)(C)CC1. The van der Waals surface area contributed by atoms with E-state index in [-0.39, 0.29) is 5.60 Å². The van der Waals surface area contributed by atoms with Crippen LogP contribution in [0.5, 0.6) is 0 Å². The highest BCUT2D eigenvalue weighted by atomic mass is 16.5. The van der Waals surface area contributed by atoms with Crippen LogP contribution in [-0.4, -0.2) is 12.7 Å². The van der Waals surface area contributed by atoms with Gasteiger partial charge in [0.05, 0.1) is 0 Å². The maximum atomic E-state index is 5.46. The van der Waals surface area contributed by atoms with Crippen molar-refractivity contribution in [3.63, 3.8) is 0 Å². The molecule has 0 atom stereocenters. The summed E-state index contributed by atoms with van der Waals surface area (Å²) in [5.41, 5.74) is 0.203. The van der Waals surface area contributed by atoms with Crippen LogP contribution in [0, 0.1) is 17.8 Å². The van der Waals surface area contributed by atoms with Crippen molar-refractivity contribution in [2.24, 2.45) is 5.41 Å². The fourth-order valence-corrected chi connectivity index (χ4v) is 1.74. The Balaban J connectivity index is 2.61. The van der Waals surface area contributed by atoms with E-state index in [0.29, 0.717) is 5.41 Å². The molecule has 0 bridgehead atoms. The normalized spacial score (nSPS) is 26.2. The van der Waals surface area contributed by atoms with Gasteiger partial charge in [-0.25, -0.2) is 0 Å². The van der Waals surface area contributed by atoms with Gasteiger partial charge in [0.25, 0.3) is 0 Å². The molecule has 0 heterocycles. The molecule has 1 heteroatoms. The second-order valence-electron chi connectivity index (χ2n) is 4.51. The largest absolute Gasteiger partial charge is 0.366 e. The van der Waals surface area contributed by atoms with Crippen LogP contribution in [0.25, 0.3) is 0 Å². The van der Waals surface area contributed by atoms with Gasteiger partial charge in [0.15, 0.2) is 0 Å². The average Bonchev–Trinajstić information content (AvgIpc) is 2.06. The lowest BCUT2D eigenvalue weighted by molar-refractivity contribution is -0.0161. The van der Waals surface area contributed by atoms with Crippen LogP contribution < -0.4 is 0 Å². The quantitative estimate of drug-likeness (QED) is 0.544. The van der Waals surface area contributed by atoms with Crippen LogP contribution in [0.4, 0.5) is 0 Å². The fourth-order valence-electron chi connectivity index (χ4n) is 1.74. The first-order valence-corrected chi connectivity index (χ1v) is 4.57. The van der Waals surface area contributed by atoms with Crippen molar-refractivity contribution in [3.05, 3.63) is 0 Å². The molecule has 0 aromatic carbocycles. The second kappa shape index (κ2) is 3.11. The molecule has 1 nitrogen and oxygen atoms in total. The van der Waals surface area contributed by atoms with Crippen LogP contribution in [-0.2, 0) is 4.74 Å². The van der Waals surface area contributed by atoms with Gasteiger partial charge in [-0.2, -0.15) is 0 Å². The van der Waals surface area contributed by atoms with Crippen LogP contribution in [0.1, 0.15) is 39.5 Å². The molecule has 0 radical (unpaired) electrons. The second-order valence-corrected chi connectivity index (χ2v) is 4.51. The van der Waals surface area contributed by atoms with Gasteiger partial charge in [0.1, 0.15) is 5.60 Å². The molecule has 0 amide bonds. The molecule has 1 saturated carbocycles. The Morgan fingerprint density at radius 3 is 2.00 bits per heavy atom. The van der Waals surface area contributed by atoms with Crippen molar-refractivity contribution >= 4 is 0 Å². The van der Waals surface area contributed by atoms with Crippen molar-refractivity contribution in [1.29, 1.82) is 0 Å². The summed E-state index contributed by atoms with van der Waals surface area (Å²) in [6.07, 6.45) is 9.82. The van der Waals surface area contributed by atoms with E-state index in [0.717, 1.165) is 12.8 Å². The molecule has 0 aromatic heterocycles. The Labute approximate surface area is 75.5 Å². The smallest absolute Gasteiger partial charge is 0.128 e. The molecular weight excluding hydrogens is 148 g/mol. The number of methoxy groups -OCH3 is 1. The van der Waals surface area contributed by atoms with Gasteiger partial charge in [-0.3, -0.25) is 0 Å². The summed E-state index contributed by atoms with van der Waals surface area (Å²) in [7, 11) is 1.72. The predicted molar refractivity (Wildman–Crippen MR) is 50.8 cm³/mol. The Morgan fingerprint density at radius 1 is 1.17 bits per heavy atom. The van der Waals surface area contributed by atoms with E-state index in [1.807, 2.05) is 0 Å². The summed E-state index contributed by atoms with van der Waals surface area (Å²) in [6, 6.07) is 0. The highest BCUT2D eigenvalue weighted by Gasteiger charge is 2.36. The minimum Gasteiger partial charge on any atom is -0.366 e. The van der Waals surface area contributed by atoms with Gasteiger partial charge in [-0.15, -0.1) is 6.42 Å². The maximum Gasteiger partial charge on any atom is 0.128 e. The maximum absolute atomic E-state index is 5.46. The van der Waals surface area contributed by atoms with Gasteiger partial charge < -0.3 is 4.74 Å². The average molecular weight is 166 g/mol. The highest BCUT2D eigenvalue weighted by Crippen LogP contribution is 2.41. The van der Waals surface area contributed by atoms with E-state index in [9.17, 15) is 0 Å². The molecule has 0 unspecified atom stereocenters. The van der Waals surface area contributed by atoms with Crippen molar-refractivity contribution in [1.82, 2.24) is 0 Å². The van der Waals surface area contributed by atoms with Crippen molar-refractivity contribution in [2.45, 2.75) is 45.1 Å². The van der Waals surface area contributed by atoms with E-state index in [4.69, 9.17) is 11.2 Å². The number of ether oxygens (including phenoxy) is 1. The third-order valence-electron chi connectivity index (χ3n) is 3.07. The van der Waals surface area contributed by atoms with Crippen LogP contribution >= 0.6 is 0 Å². The summed E-state index contributed by atoms with van der Waals surface area (Å²) in [5.74, 6) is 2.78. The van der Waals surface area contributed by atoms with Gasteiger partial charge in [-0.05, 0) is 31.1 Å². The van der Waals surface area contributed by atoms with Crippen LogP contribution in [0.2, 0.25) is 0 Å². The molecule has 0 spiro atoms. The molecule has 0 aromatic rings. The third-order valence-corrected chi connectivity index (χ3v) is 3.07. The Hall–Kier alpha value is -0.480. The van der Waals surface area contributed by atoms with Crippen LogP contribution in [0.3, 0.4) is 0 Å². The van der Waals surface area contributed by atoms with E-state index in [1.165, 1.54) is 12.8 Å². The van der Waals surface area contributed by atoms with Gasteiger partial charge in [0.2, 0.25) is 0 Å². The van der Waals surface area contributed by atoms with E-state index in [2.05, 4.69) is 19.8 Å². The molecule has 0 aliphatic heterocycles. The zero-order valence-corrected chi connectivity index (χ0v) is 8.31. The molecular formula is C11H18O.